The lowest BCUT2D eigenvalue weighted by atomic mass is 10.1. The number of aromatic nitrogens is 1. The zero-order valence-corrected chi connectivity index (χ0v) is 15.4. The van der Waals surface area contributed by atoms with Crippen molar-refractivity contribution < 1.29 is 14.3 Å². The van der Waals surface area contributed by atoms with Gasteiger partial charge in [0.25, 0.3) is 0 Å². The number of rotatable bonds is 2. The van der Waals surface area contributed by atoms with Crippen LogP contribution in [0.1, 0.15) is 34.1 Å². The highest BCUT2D eigenvalue weighted by molar-refractivity contribution is 9.10. The second kappa shape index (κ2) is 6.86. The van der Waals surface area contributed by atoms with E-state index in [0.29, 0.717) is 23.4 Å². The van der Waals surface area contributed by atoms with Gasteiger partial charge in [-0.15, -0.1) is 0 Å². The predicted octanol–water partition coefficient (Wildman–Crippen LogP) is 3.43. The third-order valence-corrected chi connectivity index (χ3v) is 3.85. The summed E-state index contributed by atoms with van der Waals surface area (Å²) >= 11 is 3.27. The van der Waals surface area contributed by atoms with E-state index in [1.54, 1.807) is 18.2 Å². The van der Waals surface area contributed by atoms with Gasteiger partial charge in [0.2, 0.25) is 5.91 Å². The molecule has 2 unspecified atom stereocenters. The molecular formula is C16H22BrN3O3. The van der Waals surface area contributed by atoms with Crippen molar-refractivity contribution in [3.05, 3.63) is 22.8 Å². The second-order valence-corrected chi connectivity index (χ2v) is 7.64. The van der Waals surface area contributed by atoms with Gasteiger partial charge in [0.15, 0.2) is 0 Å². The summed E-state index contributed by atoms with van der Waals surface area (Å²) in [5, 5.41) is 2.76. The number of carbonyl (C=O) groups excluding carboxylic acids is 2. The molecular weight excluding hydrogens is 362 g/mol. The number of nitrogens with zero attached hydrogens (tertiary/aromatic N) is 2. The first-order valence-electron chi connectivity index (χ1n) is 7.59. The molecule has 1 aromatic rings. The first kappa shape index (κ1) is 17.7. The first-order chi connectivity index (χ1) is 10.7. The number of pyridine rings is 1. The van der Waals surface area contributed by atoms with Crippen LogP contribution in [0.3, 0.4) is 0 Å². The summed E-state index contributed by atoms with van der Waals surface area (Å²) in [6, 6.07) is 4.73. The zero-order valence-electron chi connectivity index (χ0n) is 13.8. The maximum atomic E-state index is 12.5. The van der Waals surface area contributed by atoms with Crippen molar-refractivity contribution in [1.29, 1.82) is 0 Å². The molecule has 2 amide bonds. The highest BCUT2D eigenvalue weighted by Crippen LogP contribution is 2.26. The summed E-state index contributed by atoms with van der Waals surface area (Å²) in [6.07, 6.45) is 0.156. The lowest BCUT2D eigenvalue weighted by Gasteiger charge is -2.28. The average Bonchev–Trinajstić information content (AvgIpc) is 2.79. The lowest BCUT2D eigenvalue weighted by molar-refractivity contribution is -0.120. The number of likely N-dealkylation sites (tertiary alicyclic amines) is 1. The Balaban J connectivity index is 2.09. The molecule has 2 rings (SSSR count). The molecule has 1 aromatic heterocycles. The predicted molar refractivity (Wildman–Crippen MR) is 91.1 cm³/mol. The highest BCUT2D eigenvalue weighted by atomic mass is 79.9. The SMILES string of the molecule is CC1CC(C(=O)Nc2cccc(Br)n2)N(C(=O)OC(C)(C)C)C1. The van der Waals surface area contributed by atoms with Crippen LogP contribution in [0.4, 0.5) is 10.6 Å². The number of anilines is 1. The van der Waals surface area contributed by atoms with E-state index in [-0.39, 0.29) is 11.8 Å². The third kappa shape index (κ3) is 4.92. The molecule has 0 saturated carbocycles. The number of hydrogen-bond acceptors (Lipinski definition) is 4. The minimum Gasteiger partial charge on any atom is -0.444 e. The molecule has 1 fully saturated rings. The molecule has 0 spiro atoms. The second-order valence-electron chi connectivity index (χ2n) is 6.82. The van der Waals surface area contributed by atoms with Gasteiger partial charge in [-0.3, -0.25) is 9.69 Å². The largest absolute Gasteiger partial charge is 0.444 e. The Morgan fingerprint density at radius 2 is 2.09 bits per heavy atom. The standard InChI is InChI=1S/C16H22BrN3O3/c1-10-8-11(20(9-10)15(22)23-16(2,3)4)14(21)19-13-7-5-6-12(17)18-13/h5-7,10-11H,8-9H2,1-4H3,(H,18,19,21). The maximum absolute atomic E-state index is 12.5. The van der Waals surface area contributed by atoms with Crippen LogP contribution in [0.2, 0.25) is 0 Å². The Bertz CT molecular complexity index is 600. The van der Waals surface area contributed by atoms with Crippen molar-refractivity contribution >= 4 is 33.7 Å². The topological polar surface area (TPSA) is 71.5 Å². The number of hydrogen-bond donors (Lipinski definition) is 1. The van der Waals surface area contributed by atoms with E-state index in [1.807, 2.05) is 27.7 Å². The highest BCUT2D eigenvalue weighted by Gasteiger charge is 2.39. The minimum absolute atomic E-state index is 0.244. The summed E-state index contributed by atoms with van der Waals surface area (Å²) in [5.74, 6) is 0.451. The van der Waals surface area contributed by atoms with Gasteiger partial charge in [0, 0.05) is 6.54 Å². The molecule has 1 saturated heterocycles. The van der Waals surface area contributed by atoms with E-state index < -0.39 is 17.7 Å². The molecule has 126 valence electrons. The number of carbonyl (C=O) groups is 2. The summed E-state index contributed by atoms with van der Waals surface area (Å²) in [4.78, 5) is 30.6. The van der Waals surface area contributed by atoms with Gasteiger partial charge in [-0.25, -0.2) is 9.78 Å². The molecule has 0 bridgehead atoms. The average molecular weight is 384 g/mol. The monoisotopic (exact) mass is 383 g/mol. The minimum atomic E-state index is -0.588. The van der Waals surface area contributed by atoms with Crippen LogP contribution in [0.15, 0.2) is 22.8 Å². The summed E-state index contributed by atoms with van der Waals surface area (Å²) < 4.78 is 6.04. The van der Waals surface area contributed by atoms with Crippen LogP contribution in [-0.2, 0) is 9.53 Å². The molecule has 6 nitrogen and oxygen atoms in total. The van der Waals surface area contributed by atoms with Crippen molar-refractivity contribution in [1.82, 2.24) is 9.88 Å². The van der Waals surface area contributed by atoms with Gasteiger partial charge in [0.1, 0.15) is 22.1 Å². The Kier molecular flexibility index (Phi) is 5.29. The number of nitrogens with one attached hydrogen (secondary N) is 1. The normalized spacial score (nSPS) is 21.2. The Labute approximate surface area is 144 Å². The molecule has 1 aliphatic rings. The van der Waals surface area contributed by atoms with E-state index >= 15 is 0 Å². The Hall–Kier alpha value is -1.63. The van der Waals surface area contributed by atoms with Crippen molar-refractivity contribution in [2.75, 3.05) is 11.9 Å². The zero-order chi connectivity index (χ0) is 17.2. The van der Waals surface area contributed by atoms with Crippen LogP contribution in [-0.4, -0.2) is 40.1 Å². The Morgan fingerprint density at radius 1 is 1.39 bits per heavy atom. The van der Waals surface area contributed by atoms with E-state index in [1.165, 1.54) is 4.90 Å². The van der Waals surface area contributed by atoms with Crippen LogP contribution >= 0.6 is 15.9 Å². The summed E-state index contributed by atoms with van der Waals surface area (Å²) in [7, 11) is 0. The van der Waals surface area contributed by atoms with Gasteiger partial charge in [-0.2, -0.15) is 0 Å². The van der Waals surface area contributed by atoms with Crippen molar-refractivity contribution in [2.24, 2.45) is 5.92 Å². The number of ether oxygens (including phenoxy) is 1. The molecule has 1 N–H and O–H groups in total. The van der Waals surface area contributed by atoms with Crippen LogP contribution in [0.5, 0.6) is 0 Å². The molecule has 2 atom stereocenters. The molecule has 1 aliphatic heterocycles. The van der Waals surface area contributed by atoms with E-state index in [2.05, 4.69) is 26.2 Å². The van der Waals surface area contributed by atoms with Crippen LogP contribution in [0, 0.1) is 5.92 Å². The summed E-state index contributed by atoms with van der Waals surface area (Å²) in [6.45, 7) is 7.96. The van der Waals surface area contributed by atoms with E-state index in [0.717, 1.165) is 0 Å². The molecule has 0 aliphatic carbocycles. The maximum Gasteiger partial charge on any atom is 0.410 e. The fraction of sp³-hybridized carbons (Fsp3) is 0.562. The fourth-order valence-electron chi connectivity index (χ4n) is 2.50. The molecule has 2 heterocycles. The smallest absolute Gasteiger partial charge is 0.410 e. The summed E-state index contributed by atoms with van der Waals surface area (Å²) in [5.41, 5.74) is -0.588. The van der Waals surface area contributed by atoms with Crippen molar-refractivity contribution in [3.8, 4) is 0 Å². The van der Waals surface area contributed by atoms with Gasteiger partial charge < -0.3 is 10.1 Å². The molecule has 23 heavy (non-hydrogen) atoms. The van der Waals surface area contributed by atoms with Gasteiger partial charge >= 0.3 is 6.09 Å². The number of amides is 2. The van der Waals surface area contributed by atoms with Gasteiger partial charge in [-0.05, 0) is 61.2 Å². The quantitative estimate of drug-likeness (QED) is 0.794. The third-order valence-electron chi connectivity index (χ3n) is 3.41. The van der Waals surface area contributed by atoms with E-state index in [9.17, 15) is 9.59 Å². The fourth-order valence-corrected chi connectivity index (χ4v) is 2.85. The van der Waals surface area contributed by atoms with Crippen molar-refractivity contribution in [3.63, 3.8) is 0 Å². The van der Waals surface area contributed by atoms with Crippen LogP contribution in [0.25, 0.3) is 0 Å². The van der Waals surface area contributed by atoms with Crippen molar-refractivity contribution in [2.45, 2.75) is 45.8 Å². The van der Waals surface area contributed by atoms with E-state index in [4.69, 9.17) is 4.74 Å². The van der Waals surface area contributed by atoms with Crippen LogP contribution < -0.4 is 5.32 Å². The molecule has 7 heteroatoms. The number of halogens is 1. The molecule has 0 radical (unpaired) electrons. The Morgan fingerprint density at radius 3 is 2.70 bits per heavy atom. The molecule has 0 aromatic carbocycles. The van der Waals surface area contributed by atoms with Gasteiger partial charge in [-0.1, -0.05) is 13.0 Å². The lowest BCUT2D eigenvalue weighted by Crippen LogP contribution is -2.45. The van der Waals surface area contributed by atoms with Gasteiger partial charge in [0.05, 0.1) is 0 Å². The first-order valence-corrected chi connectivity index (χ1v) is 8.38.